The SMILES string of the molecule is Cc1c(C(C)I)nc(N)[nH]c1=O. The van der Waals surface area contributed by atoms with Crippen LogP contribution in [0.1, 0.15) is 22.1 Å². The highest BCUT2D eigenvalue weighted by atomic mass is 127. The first-order valence-electron chi connectivity index (χ1n) is 3.52. The van der Waals surface area contributed by atoms with Gasteiger partial charge in [-0.05, 0) is 13.8 Å². The molecule has 0 fully saturated rings. The Kier molecular flexibility index (Phi) is 2.71. The van der Waals surface area contributed by atoms with Crippen molar-refractivity contribution in [2.75, 3.05) is 5.73 Å². The molecule has 1 rings (SSSR count). The Labute approximate surface area is 83.7 Å². The molecule has 5 heteroatoms. The van der Waals surface area contributed by atoms with Crippen molar-refractivity contribution in [2.24, 2.45) is 0 Å². The van der Waals surface area contributed by atoms with Gasteiger partial charge in [-0.1, -0.05) is 22.6 Å². The van der Waals surface area contributed by atoms with Crippen molar-refractivity contribution in [1.82, 2.24) is 9.97 Å². The van der Waals surface area contributed by atoms with E-state index in [1.807, 2.05) is 6.92 Å². The summed E-state index contributed by atoms with van der Waals surface area (Å²) in [6, 6.07) is 0. The number of nitrogens with two attached hydrogens (primary N) is 1. The quantitative estimate of drug-likeness (QED) is 0.598. The van der Waals surface area contributed by atoms with Crippen LogP contribution in [-0.4, -0.2) is 9.97 Å². The smallest absolute Gasteiger partial charge is 0.255 e. The maximum atomic E-state index is 11.2. The van der Waals surface area contributed by atoms with E-state index >= 15 is 0 Å². The van der Waals surface area contributed by atoms with Gasteiger partial charge in [-0.2, -0.15) is 0 Å². The molecule has 66 valence electrons. The highest BCUT2D eigenvalue weighted by molar-refractivity contribution is 14.1. The maximum Gasteiger partial charge on any atom is 0.255 e. The van der Waals surface area contributed by atoms with E-state index in [1.54, 1.807) is 6.92 Å². The van der Waals surface area contributed by atoms with E-state index in [1.165, 1.54) is 0 Å². The monoisotopic (exact) mass is 279 g/mol. The molecule has 12 heavy (non-hydrogen) atoms. The molecule has 0 aromatic carbocycles. The second-order valence-electron chi connectivity index (χ2n) is 2.58. The number of hydrogen-bond acceptors (Lipinski definition) is 3. The van der Waals surface area contributed by atoms with Crippen LogP contribution in [0.2, 0.25) is 0 Å². The highest BCUT2D eigenvalue weighted by Crippen LogP contribution is 2.21. The summed E-state index contributed by atoms with van der Waals surface area (Å²) in [6.07, 6.45) is 0. The molecule has 0 radical (unpaired) electrons. The van der Waals surface area contributed by atoms with Gasteiger partial charge in [0.1, 0.15) is 0 Å². The molecule has 3 N–H and O–H groups in total. The number of aromatic nitrogens is 2. The zero-order chi connectivity index (χ0) is 9.30. The first-order valence-corrected chi connectivity index (χ1v) is 4.77. The second kappa shape index (κ2) is 3.42. The Morgan fingerprint density at radius 1 is 1.67 bits per heavy atom. The predicted octanol–water partition coefficient (Wildman–Crippen LogP) is 1.16. The molecule has 1 aromatic heterocycles. The van der Waals surface area contributed by atoms with Crippen LogP contribution in [0.25, 0.3) is 0 Å². The van der Waals surface area contributed by atoms with E-state index in [-0.39, 0.29) is 15.4 Å². The first kappa shape index (κ1) is 9.50. The molecular weight excluding hydrogens is 269 g/mol. The molecule has 1 heterocycles. The van der Waals surface area contributed by atoms with E-state index in [0.717, 1.165) is 5.69 Å². The highest BCUT2D eigenvalue weighted by Gasteiger charge is 2.09. The minimum Gasteiger partial charge on any atom is -0.369 e. The van der Waals surface area contributed by atoms with Crippen LogP contribution in [0, 0.1) is 6.92 Å². The van der Waals surface area contributed by atoms with Crippen LogP contribution in [0.5, 0.6) is 0 Å². The summed E-state index contributed by atoms with van der Waals surface area (Å²) >= 11 is 2.20. The molecule has 0 saturated carbocycles. The number of aromatic amines is 1. The lowest BCUT2D eigenvalue weighted by molar-refractivity contribution is 0.962. The number of nitrogens with zero attached hydrogens (tertiary/aromatic N) is 1. The normalized spacial score (nSPS) is 12.9. The van der Waals surface area contributed by atoms with Crippen molar-refractivity contribution < 1.29 is 0 Å². The van der Waals surface area contributed by atoms with Crippen LogP contribution >= 0.6 is 22.6 Å². The standard InChI is InChI=1S/C7H10IN3O/c1-3-5(4(2)8)10-7(9)11-6(3)12/h4H,1-2H3,(H3,9,10,11,12). The number of halogens is 1. The number of alkyl halides is 1. The summed E-state index contributed by atoms with van der Waals surface area (Å²) in [6.45, 7) is 3.71. The van der Waals surface area contributed by atoms with Gasteiger partial charge in [-0.25, -0.2) is 4.98 Å². The lowest BCUT2D eigenvalue weighted by Crippen LogP contribution is -2.17. The summed E-state index contributed by atoms with van der Waals surface area (Å²) < 4.78 is 0.201. The van der Waals surface area contributed by atoms with Crippen LogP contribution in [0.4, 0.5) is 5.95 Å². The van der Waals surface area contributed by atoms with Crippen LogP contribution in [-0.2, 0) is 0 Å². The Morgan fingerprint density at radius 3 is 2.75 bits per heavy atom. The Balaban J connectivity index is 3.38. The molecule has 0 amide bonds. The van der Waals surface area contributed by atoms with E-state index in [0.29, 0.717) is 5.56 Å². The number of anilines is 1. The van der Waals surface area contributed by atoms with Gasteiger partial charge in [0.2, 0.25) is 5.95 Å². The van der Waals surface area contributed by atoms with Crippen molar-refractivity contribution in [3.05, 3.63) is 21.6 Å². The third kappa shape index (κ3) is 1.77. The average Bonchev–Trinajstić information content (AvgIpc) is 1.96. The number of rotatable bonds is 1. The number of nitrogens with one attached hydrogen (secondary N) is 1. The van der Waals surface area contributed by atoms with Gasteiger partial charge in [-0.3, -0.25) is 9.78 Å². The minimum absolute atomic E-state index is 0.152. The molecule has 1 aromatic rings. The first-order chi connectivity index (χ1) is 5.52. The van der Waals surface area contributed by atoms with Gasteiger partial charge >= 0.3 is 0 Å². The summed E-state index contributed by atoms with van der Waals surface area (Å²) in [5.41, 5.74) is 6.65. The molecule has 0 bridgehead atoms. The topological polar surface area (TPSA) is 71.8 Å². The van der Waals surface area contributed by atoms with E-state index in [4.69, 9.17) is 5.73 Å². The van der Waals surface area contributed by atoms with Crippen LogP contribution < -0.4 is 11.3 Å². The minimum atomic E-state index is -0.152. The van der Waals surface area contributed by atoms with Gasteiger partial charge in [0, 0.05) is 5.56 Å². The lowest BCUT2D eigenvalue weighted by Gasteiger charge is -2.06. The Bertz CT molecular complexity index is 345. The molecule has 0 aliphatic carbocycles. The fraction of sp³-hybridized carbons (Fsp3) is 0.429. The third-order valence-electron chi connectivity index (χ3n) is 1.58. The Morgan fingerprint density at radius 2 is 2.25 bits per heavy atom. The molecule has 1 unspecified atom stereocenters. The predicted molar refractivity (Wildman–Crippen MR) is 56.4 cm³/mol. The molecule has 0 spiro atoms. The molecule has 0 aliphatic rings. The summed E-state index contributed by atoms with van der Waals surface area (Å²) in [7, 11) is 0. The number of hydrogen-bond donors (Lipinski definition) is 2. The largest absolute Gasteiger partial charge is 0.369 e. The van der Waals surface area contributed by atoms with E-state index in [9.17, 15) is 4.79 Å². The number of H-pyrrole nitrogens is 1. The summed E-state index contributed by atoms with van der Waals surface area (Å²) in [4.78, 5) is 17.7. The van der Waals surface area contributed by atoms with Gasteiger partial charge in [0.15, 0.2) is 0 Å². The van der Waals surface area contributed by atoms with Crippen molar-refractivity contribution in [3.63, 3.8) is 0 Å². The van der Waals surface area contributed by atoms with Gasteiger partial charge in [0.05, 0.1) is 9.62 Å². The molecule has 1 atom stereocenters. The van der Waals surface area contributed by atoms with Crippen molar-refractivity contribution in [2.45, 2.75) is 17.8 Å². The van der Waals surface area contributed by atoms with Gasteiger partial charge in [0.25, 0.3) is 5.56 Å². The van der Waals surface area contributed by atoms with Crippen molar-refractivity contribution in [3.8, 4) is 0 Å². The summed E-state index contributed by atoms with van der Waals surface area (Å²) in [5.74, 6) is 0.184. The average molecular weight is 279 g/mol. The van der Waals surface area contributed by atoms with Crippen LogP contribution in [0.3, 0.4) is 0 Å². The van der Waals surface area contributed by atoms with E-state index in [2.05, 4.69) is 32.6 Å². The lowest BCUT2D eigenvalue weighted by atomic mass is 10.2. The zero-order valence-corrected chi connectivity index (χ0v) is 9.05. The number of nitrogen functional groups attached to an aromatic ring is 1. The van der Waals surface area contributed by atoms with Crippen molar-refractivity contribution in [1.29, 1.82) is 0 Å². The van der Waals surface area contributed by atoms with Crippen LogP contribution in [0.15, 0.2) is 4.79 Å². The fourth-order valence-corrected chi connectivity index (χ4v) is 1.56. The van der Waals surface area contributed by atoms with E-state index < -0.39 is 0 Å². The fourth-order valence-electron chi connectivity index (χ4n) is 0.955. The van der Waals surface area contributed by atoms with Crippen molar-refractivity contribution >= 4 is 28.5 Å². The third-order valence-corrected chi connectivity index (χ3v) is 2.17. The van der Waals surface area contributed by atoms with Gasteiger partial charge < -0.3 is 5.73 Å². The Hall–Kier alpha value is -0.590. The molecule has 4 nitrogen and oxygen atoms in total. The second-order valence-corrected chi connectivity index (χ2v) is 4.45. The molecule has 0 aliphatic heterocycles. The molecular formula is C7H10IN3O. The maximum absolute atomic E-state index is 11.2. The van der Waals surface area contributed by atoms with Gasteiger partial charge in [-0.15, -0.1) is 0 Å². The summed E-state index contributed by atoms with van der Waals surface area (Å²) in [5, 5.41) is 0. The zero-order valence-electron chi connectivity index (χ0n) is 6.89. The molecule has 0 saturated heterocycles.